The minimum Gasteiger partial charge on any atom is -0.329 e. The molecule has 2 N–H and O–H groups in total. The third-order valence-corrected chi connectivity index (χ3v) is 3.59. The fourth-order valence-electron chi connectivity index (χ4n) is 2.72. The third-order valence-electron chi connectivity index (χ3n) is 3.59. The van der Waals surface area contributed by atoms with E-state index in [4.69, 9.17) is 5.73 Å². The average Bonchev–Trinajstić information content (AvgIpc) is 2.30. The summed E-state index contributed by atoms with van der Waals surface area (Å²) >= 11 is 0. The van der Waals surface area contributed by atoms with Crippen molar-refractivity contribution in [2.45, 2.75) is 25.8 Å². The van der Waals surface area contributed by atoms with Crippen molar-refractivity contribution in [2.75, 3.05) is 19.6 Å². The first-order valence-corrected chi connectivity index (χ1v) is 6.40. The summed E-state index contributed by atoms with van der Waals surface area (Å²) in [7, 11) is 0. The quantitative estimate of drug-likeness (QED) is 0.874. The lowest BCUT2D eigenvalue weighted by molar-refractivity contribution is 0.133. The van der Waals surface area contributed by atoms with E-state index in [-0.39, 0.29) is 11.9 Å². The summed E-state index contributed by atoms with van der Waals surface area (Å²) in [6.45, 7) is 4.96. The van der Waals surface area contributed by atoms with Gasteiger partial charge in [-0.05, 0) is 43.0 Å². The van der Waals surface area contributed by atoms with Crippen molar-refractivity contribution in [3.63, 3.8) is 0 Å². The van der Waals surface area contributed by atoms with Gasteiger partial charge in [0.25, 0.3) is 0 Å². The Balaban J connectivity index is 2.15. The zero-order valence-electron chi connectivity index (χ0n) is 10.4. The molecule has 2 rings (SSSR count). The zero-order chi connectivity index (χ0) is 12.3. The van der Waals surface area contributed by atoms with Crippen LogP contribution in [0.5, 0.6) is 0 Å². The van der Waals surface area contributed by atoms with Crippen LogP contribution in [0.2, 0.25) is 0 Å². The molecule has 0 radical (unpaired) electrons. The van der Waals surface area contributed by atoms with Gasteiger partial charge < -0.3 is 5.73 Å². The smallest absolute Gasteiger partial charge is 0.123 e. The van der Waals surface area contributed by atoms with Gasteiger partial charge in [-0.1, -0.05) is 19.1 Å². The molecule has 3 heteroatoms. The fourth-order valence-corrected chi connectivity index (χ4v) is 2.72. The summed E-state index contributed by atoms with van der Waals surface area (Å²) in [5.74, 6) is 0.539. The number of likely N-dealkylation sites (tertiary alicyclic amines) is 1. The summed E-state index contributed by atoms with van der Waals surface area (Å²) in [5, 5.41) is 0. The second-order valence-corrected chi connectivity index (χ2v) is 5.05. The van der Waals surface area contributed by atoms with Crippen molar-refractivity contribution < 1.29 is 4.39 Å². The average molecular weight is 236 g/mol. The Kier molecular flexibility index (Phi) is 4.13. The molecule has 1 saturated heterocycles. The standard InChI is InChI=1S/C14H21FN2/c1-11-4-3-7-17(10-11)14(9-16)12-5-2-6-13(15)8-12/h2,5-6,8,11,14H,3-4,7,9-10,16H2,1H3/t11-,14+/m1/s1. The van der Waals surface area contributed by atoms with Crippen molar-refractivity contribution in [3.8, 4) is 0 Å². The van der Waals surface area contributed by atoms with Crippen LogP contribution in [-0.4, -0.2) is 24.5 Å². The molecule has 17 heavy (non-hydrogen) atoms. The lowest BCUT2D eigenvalue weighted by atomic mass is 9.96. The summed E-state index contributed by atoms with van der Waals surface area (Å²) in [4.78, 5) is 2.39. The molecule has 1 heterocycles. The van der Waals surface area contributed by atoms with Gasteiger partial charge in [-0.25, -0.2) is 4.39 Å². The topological polar surface area (TPSA) is 29.3 Å². The molecule has 1 aromatic rings. The number of nitrogens with two attached hydrogens (primary N) is 1. The molecule has 1 aromatic carbocycles. The number of halogens is 1. The van der Waals surface area contributed by atoms with Crippen LogP contribution in [0.25, 0.3) is 0 Å². The van der Waals surface area contributed by atoms with Crippen molar-refractivity contribution in [1.82, 2.24) is 4.90 Å². The van der Waals surface area contributed by atoms with E-state index in [1.54, 1.807) is 12.1 Å². The largest absolute Gasteiger partial charge is 0.329 e. The SMILES string of the molecule is C[C@@H]1CCCN([C@@H](CN)c2cccc(F)c2)C1. The predicted octanol–water partition coefficient (Wildman–Crippen LogP) is 2.56. The fraction of sp³-hybridized carbons (Fsp3) is 0.571. The van der Waals surface area contributed by atoms with Crippen LogP contribution in [0.15, 0.2) is 24.3 Å². The summed E-state index contributed by atoms with van der Waals surface area (Å²) < 4.78 is 13.2. The van der Waals surface area contributed by atoms with Gasteiger partial charge in [0.2, 0.25) is 0 Å². The lowest BCUT2D eigenvalue weighted by Gasteiger charge is -2.37. The Morgan fingerprint density at radius 3 is 3.00 bits per heavy atom. The van der Waals surface area contributed by atoms with Gasteiger partial charge in [0.1, 0.15) is 5.82 Å². The van der Waals surface area contributed by atoms with Gasteiger partial charge in [-0.2, -0.15) is 0 Å². The van der Waals surface area contributed by atoms with E-state index in [0.29, 0.717) is 12.5 Å². The highest BCUT2D eigenvalue weighted by molar-refractivity contribution is 5.20. The van der Waals surface area contributed by atoms with E-state index >= 15 is 0 Å². The van der Waals surface area contributed by atoms with Gasteiger partial charge in [0, 0.05) is 19.1 Å². The van der Waals surface area contributed by atoms with E-state index in [0.717, 1.165) is 18.7 Å². The number of hydrogen-bond acceptors (Lipinski definition) is 2. The van der Waals surface area contributed by atoms with Crippen molar-refractivity contribution in [3.05, 3.63) is 35.6 Å². The molecule has 1 aliphatic rings. The van der Waals surface area contributed by atoms with Gasteiger partial charge in [0.05, 0.1) is 0 Å². The highest BCUT2D eigenvalue weighted by Crippen LogP contribution is 2.26. The number of benzene rings is 1. The maximum Gasteiger partial charge on any atom is 0.123 e. The van der Waals surface area contributed by atoms with Crippen molar-refractivity contribution >= 4 is 0 Å². The normalized spacial score (nSPS) is 23.6. The highest BCUT2D eigenvalue weighted by Gasteiger charge is 2.24. The molecule has 0 bridgehead atoms. The first-order valence-electron chi connectivity index (χ1n) is 6.40. The number of hydrogen-bond donors (Lipinski definition) is 1. The third kappa shape index (κ3) is 3.05. The Morgan fingerprint density at radius 2 is 2.35 bits per heavy atom. The Morgan fingerprint density at radius 1 is 1.53 bits per heavy atom. The van der Waals surface area contributed by atoms with Gasteiger partial charge in [-0.3, -0.25) is 4.90 Å². The number of rotatable bonds is 3. The number of nitrogens with zero attached hydrogens (tertiary/aromatic N) is 1. The minimum atomic E-state index is -0.175. The second kappa shape index (κ2) is 5.61. The number of piperidine rings is 1. The van der Waals surface area contributed by atoms with Crippen LogP contribution in [0.3, 0.4) is 0 Å². The van der Waals surface area contributed by atoms with Crippen LogP contribution >= 0.6 is 0 Å². The molecule has 0 aliphatic carbocycles. The van der Waals surface area contributed by atoms with Gasteiger partial charge >= 0.3 is 0 Å². The maximum absolute atomic E-state index is 13.2. The summed E-state index contributed by atoms with van der Waals surface area (Å²) in [5.41, 5.74) is 6.87. The molecule has 94 valence electrons. The van der Waals surface area contributed by atoms with Crippen LogP contribution < -0.4 is 5.73 Å². The first kappa shape index (κ1) is 12.5. The van der Waals surface area contributed by atoms with Crippen LogP contribution in [0.4, 0.5) is 4.39 Å². The Hall–Kier alpha value is -0.930. The highest BCUT2D eigenvalue weighted by atomic mass is 19.1. The lowest BCUT2D eigenvalue weighted by Crippen LogP contribution is -2.40. The molecule has 0 saturated carbocycles. The molecule has 1 fully saturated rings. The molecule has 0 aromatic heterocycles. The second-order valence-electron chi connectivity index (χ2n) is 5.05. The maximum atomic E-state index is 13.2. The summed E-state index contributed by atoms with van der Waals surface area (Å²) in [6.07, 6.45) is 2.50. The molecule has 0 spiro atoms. The predicted molar refractivity (Wildman–Crippen MR) is 68.2 cm³/mol. The molecule has 0 amide bonds. The first-order chi connectivity index (χ1) is 8.20. The molecule has 1 aliphatic heterocycles. The summed E-state index contributed by atoms with van der Waals surface area (Å²) in [6, 6.07) is 6.99. The van der Waals surface area contributed by atoms with E-state index in [2.05, 4.69) is 11.8 Å². The monoisotopic (exact) mass is 236 g/mol. The molecule has 0 unspecified atom stereocenters. The van der Waals surface area contributed by atoms with Crippen LogP contribution in [0, 0.1) is 11.7 Å². The van der Waals surface area contributed by atoms with E-state index in [1.807, 2.05) is 6.07 Å². The zero-order valence-corrected chi connectivity index (χ0v) is 10.4. The molecular weight excluding hydrogens is 215 g/mol. The molecule has 2 nitrogen and oxygen atoms in total. The van der Waals surface area contributed by atoms with E-state index < -0.39 is 0 Å². The van der Waals surface area contributed by atoms with Crippen LogP contribution in [-0.2, 0) is 0 Å². The minimum absolute atomic E-state index is 0.161. The van der Waals surface area contributed by atoms with Gasteiger partial charge in [-0.15, -0.1) is 0 Å². The molecule has 2 atom stereocenters. The van der Waals surface area contributed by atoms with Gasteiger partial charge in [0.15, 0.2) is 0 Å². The Bertz CT molecular complexity index is 367. The van der Waals surface area contributed by atoms with Crippen molar-refractivity contribution in [1.29, 1.82) is 0 Å². The van der Waals surface area contributed by atoms with Crippen molar-refractivity contribution in [2.24, 2.45) is 11.7 Å². The molecular formula is C14H21FN2. The Labute approximate surface area is 103 Å². The van der Waals surface area contributed by atoms with E-state index in [1.165, 1.54) is 18.9 Å². The van der Waals surface area contributed by atoms with E-state index in [9.17, 15) is 4.39 Å². The van der Waals surface area contributed by atoms with Crippen LogP contribution in [0.1, 0.15) is 31.4 Å².